The van der Waals surface area contributed by atoms with Crippen LogP contribution in [0.25, 0.3) is 0 Å². The van der Waals surface area contributed by atoms with Gasteiger partial charge in [-0.2, -0.15) is 0 Å². The lowest BCUT2D eigenvalue weighted by molar-refractivity contribution is -0.117. The molecule has 0 atom stereocenters. The SMILES string of the molecule is CN(O)/C=C\C(=O)CO. The first kappa shape index (κ1) is 8.13. The highest BCUT2D eigenvalue weighted by Gasteiger charge is 1.89. The van der Waals surface area contributed by atoms with Gasteiger partial charge in [0.2, 0.25) is 0 Å². The van der Waals surface area contributed by atoms with E-state index >= 15 is 0 Å². The molecule has 0 aromatic carbocycles. The molecule has 0 amide bonds. The van der Waals surface area contributed by atoms with Gasteiger partial charge in [-0.15, -0.1) is 0 Å². The van der Waals surface area contributed by atoms with Crippen LogP contribution in [-0.2, 0) is 4.79 Å². The molecule has 0 radical (unpaired) electrons. The van der Waals surface area contributed by atoms with Gasteiger partial charge in [-0.1, -0.05) is 0 Å². The highest BCUT2D eigenvalue weighted by molar-refractivity contribution is 5.90. The smallest absolute Gasteiger partial charge is 0.182 e. The molecule has 0 saturated heterocycles. The molecule has 0 rings (SSSR count). The molecule has 2 N–H and O–H groups in total. The standard InChI is InChI=1S/C5H9NO3/c1-6(9)3-2-5(8)4-7/h2-3,7,9H,4H2,1H3/b3-2-. The van der Waals surface area contributed by atoms with Crippen molar-refractivity contribution < 1.29 is 15.1 Å². The van der Waals surface area contributed by atoms with Crippen LogP contribution in [0.5, 0.6) is 0 Å². The van der Waals surface area contributed by atoms with Crippen LogP contribution in [0.1, 0.15) is 0 Å². The van der Waals surface area contributed by atoms with E-state index in [-0.39, 0.29) is 0 Å². The fourth-order valence-electron chi connectivity index (χ4n) is 0.244. The summed E-state index contributed by atoms with van der Waals surface area (Å²) in [5, 5.41) is 17.3. The number of aliphatic hydroxyl groups excluding tert-OH is 1. The normalized spacial score (nSPS) is 10.1. The Morgan fingerprint density at radius 1 is 1.78 bits per heavy atom. The summed E-state index contributed by atoms with van der Waals surface area (Å²) in [5.74, 6) is -0.434. The van der Waals surface area contributed by atoms with Gasteiger partial charge < -0.3 is 5.11 Å². The van der Waals surface area contributed by atoms with Crippen LogP contribution in [0, 0.1) is 0 Å². The van der Waals surface area contributed by atoms with Crippen molar-refractivity contribution in [3.63, 3.8) is 0 Å². The minimum atomic E-state index is -0.523. The minimum Gasteiger partial charge on any atom is -0.388 e. The molecule has 0 aliphatic heterocycles. The van der Waals surface area contributed by atoms with Gasteiger partial charge in [0.25, 0.3) is 0 Å². The van der Waals surface area contributed by atoms with E-state index in [0.29, 0.717) is 0 Å². The van der Waals surface area contributed by atoms with E-state index in [1.165, 1.54) is 7.05 Å². The van der Waals surface area contributed by atoms with Crippen molar-refractivity contribution in [3.8, 4) is 0 Å². The molecule has 52 valence electrons. The lowest BCUT2D eigenvalue weighted by atomic mass is 10.4. The molecular formula is C5H9NO3. The lowest BCUT2D eigenvalue weighted by Gasteiger charge is -1.98. The maximum absolute atomic E-state index is 10.2. The third kappa shape index (κ3) is 4.99. The fourth-order valence-corrected chi connectivity index (χ4v) is 0.244. The average molecular weight is 131 g/mol. The number of carbonyl (C=O) groups excluding carboxylic acids is 1. The summed E-state index contributed by atoms with van der Waals surface area (Å²) in [4.78, 5) is 10.2. The molecule has 0 unspecified atom stereocenters. The summed E-state index contributed by atoms with van der Waals surface area (Å²) < 4.78 is 0. The summed E-state index contributed by atoms with van der Waals surface area (Å²) in [7, 11) is 1.36. The van der Waals surface area contributed by atoms with Gasteiger partial charge in [-0.3, -0.25) is 15.1 Å². The van der Waals surface area contributed by atoms with Crippen molar-refractivity contribution in [2.24, 2.45) is 0 Å². The molecule has 0 fully saturated rings. The van der Waals surface area contributed by atoms with Crippen LogP contribution < -0.4 is 0 Å². The number of hydroxylamine groups is 2. The second-order valence-corrected chi connectivity index (χ2v) is 1.51. The van der Waals surface area contributed by atoms with E-state index in [9.17, 15) is 4.79 Å². The Bertz CT molecular complexity index is 119. The summed E-state index contributed by atoms with van der Waals surface area (Å²) in [6.45, 7) is -0.523. The zero-order valence-electron chi connectivity index (χ0n) is 5.11. The van der Waals surface area contributed by atoms with Crippen molar-refractivity contribution >= 4 is 5.78 Å². The van der Waals surface area contributed by atoms with Crippen molar-refractivity contribution in [1.29, 1.82) is 0 Å². The average Bonchev–Trinajstić information content (AvgIpc) is 1.83. The molecule has 0 aromatic rings. The van der Waals surface area contributed by atoms with Gasteiger partial charge in [0.15, 0.2) is 5.78 Å². The number of rotatable bonds is 3. The van der Waals surface area contributed by atoms with Crippen molar-refractivity contribution in [3.05, 3.63) is 12.3 Å². The summed E-state index contributed by atoms with van der Waals surface area (Å²) >= 11 is 0. The van der Waals surface area contributed by atoms with Crippen LogP contribution >= 0.6 is 0 Å². The summed E-state index contributed by atoms with van der Waals surface area (Å²) in [6.07, 6.45) is 2.23. The largest absolute Gasteiger partial charge is 0.388 e. The van der Waals surface area contributed by atoms with Gasteiger partial charge in [0.1, 0.15) is 6.61 Å². The highest BCUT2D eigenvalue weighted by atomic mass is 16.5. The Kier molecular flexibility index (Phi) is 3.66. The van der Waals surface area contributed by atoms with Gasteiger partial charge >= 0.3 is 0 Å². The maximum Gasteiger partial charge on any atom is 0.182 e. The molecule has 0 aliphatic rings. The van der Waals surface area contributed by atoms with E-state index in [1.54, 1.807) is 0 Å². The number of hydrogen-bond donors (Lipinski definition) is 2. The maximum atomic E-state index is 10.2. The molecular weight excluding hydrogens is 122 g/mol. The summed E-state index contributed by atoms with van der Waals surface area (Å²) in [5.41, 5.74) is 0. The van der Waals surface area contributed by atoms with Gasteiger partial charge in [-0.05, 0) is 0 Å². The molecule has 0 saturated carbocycles. The molecule has 0 aromatic heterocycles. The predicted molar refractivity (Wildman–Crippen MR) is 30.8 cm³/mol. The highest BCUT2D eigenvalue weighted by Crippen LogP contribution is 1.77. The van der Waals surface area contributed by atoms with Gasteiger partial charge in [-0.25, -0.2) is 0 Å². The van der Waals surface area contributed by atoms with Crippen LogP contribution in [0.3, 0.4) is 0 Å². The van der Waals surface area contributed by atoms with Crippen molar-refractivity contribution in [2.75, 3.05) is 13.7 Å². The van der Waals surface area contributed by atoms with Gasteiger partial charge in [0, 0.05) is 19.3 Å². The van der Waals surface area contributed by atoms with Crippen LogP contribution in [0.4, 0.5) is 0 Å². The Balaban J connectivity index is 3.57. The van der Waals surface area contributed by atoms with E-state index in [4.69, 9.17) is 10.3 Å². The second kappa shape index (κ2) is 4.05. The number of ketones is 1. The number of aliphatic hydroxyl groups is 1. The fraction of sp³-hybridized carbons (Fsp3) is 0.400. The van der Waals surface area contributed by atoms with E-state index in [1.807, 2.05) is 0 Å². The summed E-state index contributed by atoms with van der Waals surface area (Å²) in [6, 6.07) is 0. The second-order valence-electron chi connectivity index (χ2n) is 1.51. The van der Waals surface area contributed by atoms with Crippen LogP contribution in [0.2, 0.25) is 0 Å². The zero-order valence-corrected chi connectivity index (χ0v) is 5.11. The lowest BCUT2D eigenvalue weighted by Crippen LogP contribution is -2.05. The predicted octanol–water partition coefficient (Wildman–Crippen LogP) is -0.617. The quantitative estimate of drug-likeness (QED) is 0.396. The van der Waals surface area contributed by atoms with E-state index in [2.05, 4.69) is 0 Å². The molecule has 4 nitrogen and oxygen atoms in total. The Hall–Kier alpha value is -0.870. The Morgan fingerprint density at radius 2 is 2.33 bits per heavy atom. The monoisotopic (exact) mass is 131 g/mol. The number of hydrogen-bond acceptors (Lipinski definition) is 4. The van der Waals surface area contributed by atoms with E-state index < -0.39 is 12.4 Å². The number of nitrogens with zero attached hydrogens (tertiary/aromatic N) is 1. The van der Waals surface area contributed by atoms with Crippen molar-refractivity contribution in [1.82, 2.24) is 5.06 Å². The molecule has 4 heteroatoms. The Morgan fingerprint density at radius 3 is 2.67 bits per heavy atom. The third-order valence-corrected chi connectivity index (χ3v) is 0.632. The first-order valence-corrected chi connectivity index (χ1v) is 2.40. The first-order chi connectivity index (χ1) is 4.16. The Labute approximate surface area is 53.0 Å². The third-order valence-electron chi connectivity index (χ3n) is 0.632. The topological polar surface area (TPSA) is 60.8 Å². The molecule has 0 bridgehead atoms. The van der Waals surface area contributed by atoms with Crippen molar-refractivity contribution in [2.45, 2.75) is 0 Å². The molecule has 9 heavy (non-hydrogen) atoms. The first-order valence-electron chi connectivity index (χ1n) is 2.40. The molecule has 0 aliphatic carbocycles. The van der Waals surface area contributed by atoms with Gasteiger partial charge in [0.05, 0.1) is 0 Å². The van der Waals surface area contributed by atoms with Crippen LogP contribution in [-0.4, -0.2) is 34.8 Å². The van der Waals surface area contributed by atoms with Crippen LogP contribution in [0.15, 0.2) is 12.3 Å². The molecule has 0 heterocycles. The zero-order chi connectivity index (χ0) is 7.28. The van der Waals surface area contributed by atoms with E-state index in [0.717, 1.165) is 17.3 Å². The minimum absolute atomic E-state index is 0.434. The molecule has 0 spiro atoms. The number of carbonyl (C=O) groups is 1.